The van der Waals surface area contributed by atoms with E-state index in [1.54, 1.807) is 45.0 Å². The van der Waals surface area contributed by atoms with Gasteiger partial charge < -0.3 is 0 Å². The number of rotatable bonds is 2. The van der Waals surface area contributed by atoms with Crippen LogP contribution in [0.1, 0.15) is 31.0 Å². The number of aryl methyl sites for hydroxylation is 1. The maximum absolute atomic E-state index is 13.8. The second-order valence-corrected chi connectivity index (χ2v) is 6.95. The van der Waals surface area contributed by atoms with Crippen LogP contribution < -0.4 is 5.43 Å². The molecule has 1 fully saturated rings. The molecule has 0 saturated carbocycles. The summed E-state index contributed by atoms with van der Waals surface area (Å²) < 4.78 is 41.5. The Kier molecular flexibility index (Phi) is 3.83. The number of halogens is 3. The monoisotopic (exact) mass is 336 g/mol. The van der Waals surface area contributed by atoms with Gasteiger partial charge in [-0.05, 0) is 48.7 Å². The van der Waals surface area contributed by atoms with Crippen molar-refractivity contribution in [2.75, 3.05) is 6.54 Å². The van der Waals surface area contributed by atoms with E-state index in [0.717, 1.165) is 15.8 Å². The molecule has 0 aromatic heterocycles. The molecule has 1 aliphatic heterocycles. The molecule has 24 heavy (non-hydrogen) atoms. The molecule has 1 heterocycles. The minimum atomic E-state index is -4.50. The van der Waals surface area contributed by atoms with Crippen molar-refractivity contribution < 1.29 is 18.0 Å². The smallest absolute Gasteiger partial charge is 0.287 e. The van der Waals surface area contributed by atoms with Crippen LogP contribution in [0.5, 0.6) is 0 Å². The first-order valence-corrected chi connectivity index (χ1v) is 7.73. The zero-order valence-electron chi connectivity index (χ0n) is 13.7. The van der Waals surface area contributed by atoms with Gasteiger partial charge in [0.15, 0.2) is 0 Å². The van der Waals surface area contributed by atoms with E-state index in [-0.39, 0.29) is 12.1 Å². The average Bonchev–Trinajstić information content (AvgIpc) is 2.71. The fourth-order valence-electron chi connectivity index (χ4n) is 3.16. The summed E-state index contributed by atoms with van der Waals surface area (Å²) in [6.45, 7) is 4.96. The van der Waals surface area contributed by atoms with Crippen LogP contribution in [0.4, 0.5) is 13.2 Å². The summed E-state index contributed by atoms with van der Waals surface area (Å²) in [6, 6.07) is 8.77. The van der Waals surface area contributed by atoms with E-state index >= 15 is 0 Å². The first-order chi connectivity index (χ1) is 11.1. The van der Waals surface area contributed by atoms with Gasteiger partial charge in [-0.15, -0.1) is 0 Å². The Balaban J connectivity index is 2.11. The Hall–Kier alpha value is -2.08. The van der Waals surface area contributed by atoms with Crippen LogP contribution in [0.15, 0.2) is 36.4 Å². The van der Waals surface area contributed by atoms with Crippen LogP contribution in [-0.2, 0) is 4.79 Å². The quantitative estimate of drug-likeness (QED) is 0.894. The van der Waals surface area contributed by atoms with Crippen molar-refractivity contribution in [1.82, 2.24) is 10.4 Å². The van der Waals surface area contributed by atoms with Crippen molar-refractivity contribution in [1.29, 1.82) is 0 Å². The van der Waals surface area contributed by atoms with Gasteiger partial charge in [-0.1, -0.05) is 30.3 Å². The average molecular weight is 336 g/mol. The molecule has 3 rings (SSSR count). The Bertz CT molecular complexity index is 798. The maximum Gasteiger partial charge on any atom is 0.409 e. The molecular weight excluding hydrogens is 317 g/mol. The number of nitrogens with zero attached hydrogens (tertiary/aromatic N) is 1. The summed E-state index contributed by atoms with van der Waals surface area (Å²) in [5, 5.41) is 2.65. The lowest BCUT2D eigenvalue weighted by Gasteiger charge is -2.31. The highest BCUT2D eigenvalue weighted by Crippen LogP contribution is 2.42. The molecule has 2 aromatic rings. The second-order valence-electron chi connectivity index (χ2n) is 6.95. The SMILES string of the molecule is Cc1cc2ccccc2cc1[C@H](N1CC(C)(C)C(=O)N1)C(F)(F)F. The number of fused-ring (bicyclic) bond motifs is 1. The van der Waals surface area contributed by atoms with Gasteiger partial charge in [-0.25, -0.2) is 5.01 Å². The number of nitrogens with one attached hydrogen (secondary N) is 1. The van der Waals surface area contributed by atoms with Crippen molar-refractivity contribution >= 4 is 16.7 Å². The van der Waals surface area contributed by atoms with Crippen molar-refractivity contribution in [2.24, 2.45) is 5.41 Å². The fraction of sp³-hybridized carbons (Fsp3) is 0.389. The number of carbonyl (C=O) groups excluding carboxylic acids is 1. The molecule has 0 aliphatic carbocycles. The van der Waals surface area contributed by atoms with Gasteiger partial charge in [0.2, 0.25) is 5.91 Å². The Morgan fingerprint density at radius 3 is 2.25 bits per heavy atom. The topological polar surface area (TPSA) is 32.3 Å². The first kappa shape index (κ1) is 16.8. The fourth-order valence-corrected chi connectivity index (χ4v) is 3.16. The summed E-state index contributed by atoms with van der Waals surface area (Å²) in [4.78, 5) is 11.9. The zero-order valence-corrected chi connectivity index (χ0v) is 13.7. The Morgan fingerprint density at radius 2 is 1.75 bits per heavy atom. The van der Waals surface area contributed by atoms with E-state index in [9.17, 15) is 18.0 Å². The van der Waals surface area contributed by atoms with Crippen molar-refractivity contribution in [3.8, 4) is 0 Å². The molecule has 6 heteroatoms. The van der Waals surface area contributed by atoms with Crippen LogP contribution in [0.25, 0.3) is 10.8 Å². The van der Waals surface area contributed by atoms with E-state index in [1.807, 2.05) is 12.1 Å². The minimum absolute atomic E-state index is 0.00226. The maximum atomic E-state index is 13.8. The summed E-state index contributed by atoms with van der Waals surface area (Å²) in [5.41, 5.74) is 2.26. The third kappa shape index (κ3) is 2.86. The molecule has 1 amide bonds. The highest BCUT2D eigenvalue weighted by atomic mass is 19.4. The van der Waals surface area contributed by atoms with Crippen molar-refractivity contribution in [3.63, 3.8) is 0 Å². The molecule has 0 bridgehead atoms. The lowest BCUT2D eigenvalue weighted by atomic mass is 9.92. The molecule has 1 saturated heterocycles. The van der Waals surface area contributed by atoms with E-state index in [1.165, 1.54) is 0 Å². The number of carbonyl (C=O) groups is 1. The number of amides is 1. The van der Waals surface area contributed by atoms with Crippen molar-refractivity contribution in [3.05, 3.63) is 47.5 Å². The van der Waals surface area contributed by atoms with E-state index in [0.29, 0.717) is 5.56 Å². The van der Waals surface area contributed by atoms with Gasteiger partial charge in [-0.3, -0.25) is 10.2 Å². The zero-order chi connectivity index (χ0) is 17.7. The predicted octanol–water partition coefficient (Wildman–Crippen LogP) is 4.12. The lowest BCUT2D eigenvalue weighted by molar-refractivity contribution is -0.191. The number of benzene rings is 2. The van der Waals surface area contributed by atoms with Crippen molar-refractivity contribution in [2.45, 2.75) is 33.0 Å². The van der Waals surface area contributed by atoms with E-state index < -0.39 is 23.5 Å². The second kappa shape index (κ2) is 5.48. The number of hydrogen-bond donors (Lipinski definition) is 1. The third-order valence-electron chi connectivity index (χ3n) is 4.48. The summed E-state index contributed by atoms with van der Waals surface area (Å²) >= 11 is 0. The van der Waals surface area contributed by atoms with E-state index in [4.69, 9.17) is 0 Å². The molecule has 1 aliphatic rings. The molecule has 3 nitrogen and oxygen atoms in total. The largest absolute Gasteiger partial charge is 0.409 e. The van der Waals surface area contributed by atoms with E-state index in [2.05, 4.69) is 5.43 Å². The van der Waals surface area contributed by atoms with Crippen LogP contribution in [0.3, 0.4) is 0 Å². The van der Waals surface area contributed by atoms with Crippen LogP contribution >= 0.6 is 0 Å². The third-order valence-corrected chi connectivity index (χ3v) is 4.48. The Labute approximate surface area is 138 Å². The molecule has 2 aromatic carbocycles. The van der Waals surface area contributed by atoms with Crippen LogP contribution in [0.2, 0.25) is 0 Å². The van der Waals surface area contributed by atoms with Gasteiger partial charge >= 0.3 is 6.18 Å². The number of alkyl halides is 3. The van der Waals surface area contributed by atoms with Gasteiger partial charge in [-0.2, -0.15) is 13.2 Å². The molecule has 0 radical (unpaired) electrons. The molecule has 1 N–H and O–H groups in total. The van der Waals surface area contributed by atoms with Gasteiger partial charge in [0.1, 0.15) is 6.04 Å². The molecule has 0 unspecified atom stereocenters. The standard InChI is InChI=1S/C18H19F3N2O/c1-11-8-12-6-4-5-7-13(12)9-14(11)15(18(19,20)21)23-10-17(2,3)16(24)22-23/h4-9,15H,10H2,1-3H3,(H,22,24)/t15-/m0/s1. The first-order valence-electron chi connectivity index (χ1n) is 7.73. The molecule has 1 atom stereocenters. The normalized spacial score (nSPS) is 19.5. The number of hydrazine groups is 1. The number of hydrogen-bond acceptors (Lipinski definition) is 2. The molecular formula is C18H19F3N2O. The van der Waals surface area contributed by atoms with Crippen LogP contribution in [0, 0.1) is 12.3 Å². The highest BCUT2D eigenvalue weighted by molar-refractivity contribution is 5.85. The Morgan fingerprint density at radius 1 is 1.17 bits per heavy atom. The van der Waals surface area contributed by atoms with Gasteiger partial charge in [0.05, 0.1) is 5.41 Å². The summed E-state index contributed by atoms with van der Waals surface area (Å²) in [5.74, 6) is -0.393. The molecule has 0 spiro atoms. The summed E-state index contributed by atoms with van der Waals surface area (Å²) in [7, 11) is 0. The lowest BCUT2D eigenvalue weighted by Crippen LogP contribution is -2.43. The molecule has 128 valence electrons. The predicted molar refractivity (Wildman–Crippen MR) is 86.1 cm³/mol. The van der Waals surface area contributed by atoms with Crippen LogP contribution in [-0.4, -0.2) is 23.6 Å². The summed E-state index contributed by atoms with van der Waals surface area (Å²) in [6.07, 6.45) is -4.50. The minimum Gasteiger partial charge on any atom is -0.287 e. The highest BCUT2D eigenvalue weighted by Gasteiger charge is 2.51. The van der Waals surface area contributed by atoms with Gasteiger partial charge in [0, 0.05) is 6.54 Å². The van der Waals surface area contributed by atoms with Gasteiger partial charge in [0.25, 0.3) is 0 Å².